The molecule has 0 fully saturated rings. The molecule has 0 saturated heterocycles. The van der Waals surface area contributed by atoms with Crippen molar-refractivity contribution in [2.24, 2.45) is 0 Å². The Kier molecular flexibility index (Phi) is 11.2. The fraction of sp³-hybridized carbons (Fsp3) is 0.340. The Bertz CT molecular complexity index is 2150. The van der Waals surface area contributed by atoms with Crippen LogP contribution in [-0.4, -0.2) is 50.8 Å². The molecule has 0 bridgehead atoms. The number of methoxy groups -OCH3 is 2. The second-order valence-corrected chi connectivity index (χ2v) is 16.3. The van der Waals surface area contributed by atoms with Crippen molar-refractivity contribution in [1.29, 1.82) is 0 Å². The summed E-state index contributed by atoms with van der Waals surface area (Å²) in [5.74, 6) is 0. The van der Waals surface area contributed by atoms with Gasteiger partial charge in [-0.2, -0.15) is 4.58 Å². The molecule has 0 amide bonds. The Morgan fingerprint density at radius 1 is 0.709 bits per heavy atom. The molecule has 0 atom stereocenters. The van der Waals surface area contributed by atoms with Gasteiger partial charge in [-0.1, -0.05) is 91.7 Å². The molecule has 2 aliphatic heterocycles. The van der Waals surface area contributed by atoms with Crippen LogP contribution in [0.2, 0.25) is 0 Å². The summed E-state index contributed by atoms with van der Waals surface area (Å²) in [4.78, 5) is 4.95. The van der Waals surface area contributed by atoms with E-state index in [-0.39, 0.29) is 10.8 Å². The minimum Gasteiger partial charge on any atom is -0.383 e. The number of nitrogens with zero attached hydrogens (tertiary/aromatic N) is 3. The van der Waals surface area contributed by atoms with Crippen LogP contribution in [0.3, 0.4) is 0 Å². The number of aryl methyl sites for hydroxylation is 2. The van der Waals surface area contributed by atoms with E-state index in [1.165, 1.54) is 61.9 Å². The Labute approximate surface area is 329 Å². The monoisotopic (exact) mass is 732 g/mol. The average Bonchev–Trinajstić information content (AvgIpc) is 3.52. The molecule has 4 aromatic rings. The van der Waals surface area contributed by atoms with Crippen molar-refractivity contribution in [2.75, 3.05) is 50.3 Å². The van der Waals surface area contributed by atoms with Gasteiger partial charge in [0.1, 0.15) is 6.61 Å². The van der Waals surface area contributed by atoms with Gasteiger partial charge in [-0.3, -0.25) is 0 Å². The summed E-state index contributed by atoms with van der Waals surface area (Å²) >= 11 is 0. The van der Waals surface area contributed by atoms with Gasteiger partial charge in [0.25, 0.3) is 0 Å². The molecule has 5 nitrogen and oxygen atoms in total. The summed E-state index contributed by atoms with van der Waals surface area (Å²) in [6.07, 6.45) is 12.7. The highest BCUT2D eigenvalue weighted by Gasteiger charge is 2.44. The van der Waals surface area contributed by atoms with Crippen LogP contribution in [0.4, 0.5) is 22.7 Å². The zero-order chi connectivity index (χ0) is 38.7. The number of hydrogen-bond acceptors (Lipinski definition) is 4. The number of ether oxygens (including phenoxy) is 2. The molecule has 0 saturated carbocycles. The van der Waals surface area contributed by atoms with Gasteiger partial charge in [-0.05, 0) is 106 Å². The number of rotatable bonds is 12. The van der Waals surface area contributed by atoms with Gasteiger partial charge in [-0.25, -0.2) is 0 Å². The summed E-state index contributed by atoms with van der Waals surface area (Å²) < 4.78 is 13.7. The van der Waals surface area contributed by atoms with Crippen molar-refractivity contribution >= 4 is 28.5 Å². The molecule has 0 spiro atoms. The summed E-state index contributed by atoms with van der Waals surface area (Å²) in [7, 11) is 3.58. The van der Waals surface area contributed by atoms with Crippen molar-refractivity contribution in [2.45, 2.75) is 71.6 Å². The maximum absolute atomic E-state index is 5.63. The molecular formula is C50H58N3O2+. The van der Waals surface area contributed by atoms with E-state index in [4.69, 9.17) is 9.47 Å². The largest absolute Gasteiger partial charge is 0.383 e. The van der Waals surface area contributed by atoms with E-state index in [9.17, 15) is 0 Å². The average molecular weight is 733 g/mol. The van der Waals surface area contributed by atoms with E-state index in [0.717, 1.165) is 43.7 Å². The maximum Gasteiger partial charge on any atom is 0.209 e. The fourth-order valence-electron chi connectivity index (χ4n) is 8.87. The molecule has 4 aromatic carbocycles. The van der Waals surface area contributed by atoms with E-state index >= 15 is 0 Å². The maximum atomic E-state index is 5.63. The van der Waals surface area contributed by atoms with E-state index in [0.29, 0.717) is 13.2 Å². The van der Waals surface area contributed by atoms with Crippen molar-refractivity contribution in [3.63, 3.8) is 0 Å². The quantitative estimate of drug-likeness (QED) is 0.136. The Morgan fingerprint density at radius 2 is 1.35 bits per heavy atom. The minimum atomic E-state index is -0.157. The topological polar surface area (TPSA) is 28.0 Å². The van der Waals surface area contributed by atoms with E-state index in [1.54, 1.807) is 14.2 Å². The second kappa shape index (κ2) is 16.0. The van der Waals surface area contributed by atoms with Gasteiger partial charge in [-0.15, -0.1) is 0 Å². The molecule has 5 heteroatoms. The SMILES string of the molecule is COCCN1/C(=C/C=C2\CCCC(/C=C/C3=[N+](CCOC)c4ccc(C)cc4C3(C)C)=C2N(c2ccccc2)c2ccccc2)C(C)(C)c2cc(C)ccc21. The van der Waals surface area contributed by atoms with Crippen molar-refractivity contribution in [1.82, 2.24) is 0 Å². The number of allylic oxidation sites excluding steroid dienone is 7. The van der Waals surface area contributed by atoms with Gasteiger partial charge >= 0.3 is 0 Å². The number of hydrogen-bond donors (Lipinski definition) is 0. The molecule has 284 valence electrons. The molecule has 55 heavy (non-hydrogen) atoms. The molecule has 0 radical (unpaired) electrons. The molecule has 3 aliphatic rings. The highest BCUT2D eigenvalue weighted by Crippen LogP contribution is 2.49. The third-order valence-corrected chi connectivity index (χ3v) is 11.8. The van der Waals surface area contributed by atoms with Crippen LogP contribution in [0.25, 0.3) is 0 Å². The van der Waals surface area contributed by atoms with Crippen LogP contribution in [0.1, 0.15) is 69.2 Å². The Morgan fingerprint density at radius 3 is 2.00 bits per heavy atom. The minimum absolute atomic E-state index is 0.157. The lowest BCUT2D eigenvalue weighted by atomic mass is 9.80. The highest BCUT2D eigenvalue weighted by molar-refractivity contribution is 6.03. The predicted octanol–water partition coefficient (Wildman–Crippen LogP) is 11.4. The first-order chi connectivity index (χ1) is 26.6. The summed E-state index contributed by atoms with van der Waals surface area (Å²) in [6.45, 7) is 16.8. The molecule has 0 unspecified atom stereocenters. The van der Waals surface area contributed by atoms with Crippen LogP contribution in [0.5, 0.6) is 0 Å². The van der Waals surface area contributed by atoms with Gasteiger partial charge in [0.2, 0.25) is 5.69 Å². The third-order valence-electron chi connectivity index (χ3n) is 11.8. The molecule has 0 N–H and O–H groups in total. The molecule has 0 aromatic heterocycles. The molecule has 1 aliphatic carbocycles. The summed E-state index contributed by atoms with van der Waals surface area (Å²) in [6, 6.07) is 35.5. The van der Waals surface area contributed by atoms with Gasteiger partial charge < -0.3 is 19.3 Å². The molecule has 2 heterocycles. The van der Waals surface area contributed by atoms with Crippen LogP contribution in [0, 0.1) is 13.8 Å². The zero-order valence-electron chi connectivity index (χ0n) is 34.2. The van der Waals surface area contributed by atoms with Gasteiger partial charge in [0.15, 0.2) is 12.3 Å². The third kappa shape index (κ3) is 7.40. The van der Waals surface area contributed by atoms with E-state index in [1.807, 2.05) is 0 Å². The highest BCUT2D eigenvalue weighted by atomic mass is 16.5. The lowest BCUT2D eigenvalue weighted by Crippen LogP contribution is -2.29. The first-order valence-corrected chi connectivity index (χ1v) is 19.9. The zero-order valence-corrected chi connectivity index (χ0v) is 34.2. The van der Waals surface area contributed by atoms with Crippen molar-refractivity contribution < 1.29 is 14.0 Å². The first kappa shape index (κ1) is 38.3. The molecule has 7 rings (SSSR count). The summed E-state index contributed by atoms with van der Waals surface area (Å²) in [5, 5.41) is 0. The number of fused-ring (bicyclic) bond motifs is 2. The number of benzene rings is 4. The first-order valence-electron chi connectivity index (χ1n) is 19.9. The fourth-order valence-corrected chi connectivity index (χ4v) is 8.87. The molecular weight excluding hydrogens is 675 g/mol. The Balaban J connectivity index is 1.42. The van der Waals surface area contributed by atoms with E-state index < -0.39 is 0 Å². The van der Waals surface area contributed by atoms with Gasteiger partial charge in [0, 0.05) is 66.6 Å². The number of para-hydroxylation sites is 2. The lowest BCUT2D eigenvalue weighted by molar-refractivity contribution is -0.441. The predicted molar refractivity (Wildman–Crippen MR) is 231 cm³/mol. The normalized spacial score (nSPS) is 18.9. The van der Waals surface area contributed by atoms with Crippen molar-refractivity contribution in [3.05, 3.63) is 166 Å². The van der Waals surface area contributed by atoms with Crippen LogP contribution >= 0.6 is 0 Å². The van der Waals surface area contributed by atoms with Gasteiger partial charge in [0.05, 0.1) is 17.7 Å². The standard InChI is InChI=1S/C50H58N3O2/c1-36-22-26-44-42(34-36)49(3,4)46(51(44)30-32-54-7)28-24-38-16-15-17-39(48(38)53(40-18-11-9-12-19-40)41-20-13-10-14-21-41)25-29-47-50(5,6)43-35-37(2)23-27-45(43)52(47)31-33-55-8/h9-14,18-29,34-35H,15-17,30-33H2,1-8H3/q+1. The Hall–Kier alpha value is -4.97. The number of anilines is 3. The van der Waals surface area contributed by atoms with Crippen LogP contribution < -0.4 is 9.80 Å². The smallest absolute Gasteiger partial charge is 0.209 e. The van der Waals surface area contributed by atoms with Crippen LogP contribution in [0.15, 0.2) is 144 Å². The summed E-state index contributed by atoms with van der Waals surface area (Å²) in [5.41, 5.74) is 16.4. The lowest BCUT2D eigenvalue weighted by Gasteiger charge is -2.34. The second-order valence-electron chi connectivity index (χ2n) is 16.3. The van der Waals surface area contributed by atoms with E-state index in [2.05, 4.69) is 177 Å². The van der Waals surface area contributed by atoms with Crippen LogP contribution in [-0.2, 0) is 20.3 Å². The van der Waals surface area contributed by atoms with Crippen molar-refractivity contribution in [3.8, 4) is 0 Å².